The maximum atomic E-state index is 13.1. The minimum absolute atomic E-state index is 0.253. The third-order valence-electron chi connectivity index (χ3n) is 4.44. The van der Waals surface area contributed by atoms with E-state index in [0.717, 1.165) is 5.56 Å². The lowest BCUT2D eigenvalue weighted by atomic mass is 10.2. The van der Waals surface area contributed by atoms with E-state index in [1.54, 1.807) is 60.8 Å². The minimum Gasteiger partial charge on any atom is -0.439 e. The molecule has 0 radical (unpaired) electrons. The molecule has 0 spiro atoms. The molecule has 5 nitrogen and oxygen atoms in total. The molecule has 0 bridgehead atoms. The summed E-state index contributed by atoms with van der Waals surface area (Å²) in [5.74, 6) is 0.324. The van der Waals surface area contributed by atoms with Gasteiger partial charge in [-0.15, -0.1) is 0 Å². The first-order chi connectivity index (χ1) is 15.1. The van der Waals surface area contributed by atoms with Gasteiger partial charge in [0.15, 0.2) is 5.82 Å². The maximum absolute atomic E-state index is 13.1. The number of carbonyl (C=O) groups excluding carboxylic acids is 1. The number of nitrogens with one attached hydrogen (secondary N) is 1. The lowest BCUT2D eigenvalue weighted by Gasteiger charge is -2.08. The van der Waals surface area contributed by atoms with Crippen molar-refractivity contribution in [2.24, 2.45) is 0 Å². The Hall–Kier alpha value is -4.13. The van der Waals surface area contributed by atoms with E-state index in [4.69, 9.17) is 4.74 Å². The summed E-state index contributed by atoms with van der Waals surface area (Å²) in [4.78, 5) is 20.8. The zero-order valence-electron chi connectivity index (χ0n) is 16.3. The fourth-order valence-electron chi connectivity index (χ4n) is 2.82. The number of halogens is 2. The number of carbonyl (C=O) groups is 1. The van der Waals surface area contributed by atoms with E-state index in [-0.39, 0.29) is 17.5 Å². The highest BCUT2D eigenvalue weighted by Crippen LogP contribution is 2.22. The Balaban J connectivity index is 1.39. The van der Waals surface area contributed by atoms with E-state index in [0.29, 0.717) is 35.1 Å². The first-order valence-corrected chi connectivity index (χ1v) is 9.46. The maximum Gasteiger partial charge on any atom is 0.251 e. The smallest absolute Gasteiger partial charge is 0.251 e. The zero-order chi connectivity index (χ0) is 21.6. The molecule has 1 amide bonds. The van der Waals surface area contributed by atoms with Crippen LogP contribution >= 0.6 is 0 Å². The Morgan fingerprint density at radius 3 is 2.16 bits per heavy atom. The van der Waals surface area contributed by atoms with Gasteiger partial charge in [0.2, 0.25) is 5.88 Å². The zero-order valence-corrected chi connectivity index (χ0v) is 16.3. The molecule has 0 saturated carbocycles. The largest absolute Gasteiger partial charge is 0.439 e. The van der Waals surface area contributed by atoms with Crippen LogP contribution in [0.15, 0.2) is 85.1 Å². The van der Waals surface area contributed by atoms with Crippen LogP contribution in [0.3, 0.4) is 0 Å². The van der Waals surface area contributed by atoms with Crippen LogP contribution in [-0.2, 0) is 6.54 Å². The van der Waals surface area contributed by atoms with Crippen LogP contribution in [0.25, 0.3) is 11.4 Å². The summed E-state index contributed by atoms with van der Waals surface area (Å²) in [6.07, 6.45) is 1.55. The van der Waals surface area contributed by atoms with E-state index in [1.165, 1.54) is 24.3 Å². The average Bonchev–Trinajstić information content (AvgIpc) is 2.80. The van der Waals surface area contributed by atoms with Crippen LogP contribution in [0.2, 0.25) is 0 Å². The van der Waals surface area contributed by atoms with Gasteiger partial charge in [0, 0.05) is 29.9 Å². The summed E-state index contributed by atoms with van der Waals surface area (Å²) >= 11 is 0. The molecule has 0 aliphatic rings. The molecule has 7 heteroatoms. The van der Waals surface area contributed by atoms with Crippen molar-refractivity contribution >= 4 is 5.91 Å². The highest BCUT2D eigenvalue weighted by Gasteiger charge is 2.08. The number of rotatable bonds is 6. The summed E-state index contributed by atoms with van der Waals surface area (Å²) in [5.41, 5.74) is 1.93. The Bertz CT molecular complexity index is 1180. The number of benzene rings is 3. The molecule has 1 aromatic heterocycles. The Labute approximate surface area is 177 Å². The molecule has 1 N–H and O–H groups in total. The average molecular weight is 417 g/mol. The van der Waals surface area contributed by atoms with Gasteiger partial charge in [0.25, 0.3) is 5.91 Å². The van der Waals surface area contributed by atoms with E-state index in [2.05, 4.69) is 15.3 Å². The summed E-state index contributed by atoms with van der Waals surface area (Å²) < 4.78 is 31.8. The van der Waals surface area contributed by atoms with Crippen LogP contribution in [0.4, 0.5) is 8.78 Å². The lowest BCUT2D eigenvalue weighted by Crippen LogP contribution is -2.22. The number of ether oxygens (including phenoxy) is 1. The van der Waals surface area contributed by atoms with Gasteiger partial charge in [-0.2, -0.15) is 4.98 Å². The molecule has 1 heterocycles. The fraction of sp³-hybridized carbons (Fsp3) is 0.0417. The van der Waals surface area contributed by atoms with Crippen LogP contribution in [0.5, 0.6) is 11.6 Å². The molecule has 4 aromatic rings. The van der Waals surface area contributed by atoms with Crippen molar-refractivity contribution in [1.29, 1.82) is 0 Å². The molecular weight excluding hydrogens is 400 g/mol. The third-order valence-corrected chi connectivity index (χ3v) is 4.44. The van der Waals surface area contributed by atoms with Crippen molar-refractivity contribution in [2.45, 2.75) is 6.54 Å². The molecule has 0 aliphatic carbocycles. The SMILES string of the molecule is O=C(NCc1ccc(F)cc1)c1ccc(Oc2ccnc(-c3ccc(F)cc3)n2)cc1. The van der Waals surface area contributed by atoms with Gasteiger partial charge in [-0.05, 0) is 66.2 Å². The van der Waals surface area contributed by atoms with Crippen molar-refractivity contribution in [1.82, 2.24) is 15.3 Å². The first kappa shape index (κ1) is 20.2. The van der Waals surface area contributed by atoms with Gasteiger partial charge in [0.1, 0.15) is 17.4 Å². The minimum atomic E-state index is -0.335. The van der Waals surface area contributed by atoms with E-state index in [1.807, 2.05) is 0 Å². The van der Waals surface area contributed by atoms with Gasteiger partial charge in [-0.25, -0.2) is 13.8 Å². The van der Waals surface area contributed by atoms with Crippen LogP contribution in [-0.4, -0.2) is 15.9 Å². The third kappa shape index (κ3) is 5.27. The van der Waals surface area contributed by atoms with E-state index in [9.17, 15) is 13.6 Å². The lowest BCUT2D eigenvalue weighted by molar-refractivity contribution is 0.0951. The summed E-state index contributed by atoms with van der Waals surface area (Å²) in [6.45, 7) is 0.296. The number of nitrogens with zero attached hydrogens (tertiary/aromatic N) is 2. The molecule has 0 fully saturated rings. The van der Waals surface area contributed by atoms with Crippen molar-refractivity contribution in [3.05, 3.63) is 108 Å². The number of aromatic nitrogens is 2. The van der Waals surface area contributed by atoms with Crippen LogP contribution < -0.4 is 10.1 Å². The van der Waals surface area contributed by atoms with Gasteiger partial charge in [-0.3, -0.25) is 4.79 Å². The molecule has 0 saturated heterocycles. The monoisotopic (exact) mass is 417 g/mol. The Morgan fingerprint density at radius 1 is 0.839 bits per heavy atom. The second-order valence-electron chi connectivity index (χ2n) is 6.66. The highest BCUT2D eigenvalue weighted by atomic mass is 19.1. The molecule has 0 aliphatic heterocycles. The predicted octanol–water partition coefficient (Wildman–Crippen LogP) is 5.14. The number of hydrogen-bond donors (Lipinski definition) is 1. The second-order valence-corrected chi connectivity index (χ2v) is 6.66. The topological polar surface area (TPSA) is 64.1 Å². The van der Waals surface area contributed by atoms with Crippen LogP contribution in [0, 0.1) is 11.6 Å². The summed E-state index contributed by atoms with van der Waals surface area (Å²) in [5, 5.41) is 2.78. The first-order valence-electron chi connectivity index (χ1n) is 9.46. The van der Waals surface area contributed by atoms with Gasteiger partial charge in [-0.1, -0.05) is 12.1 Å². The Morgan fingerprint density at radius 2 is 1.48 bits per heavy atom. The standard InChI is InChI=1S/C24H17F2N3O2/c25-19-7-1-16(2-8-19)15-28-24(30)18-5-11-21(12-6-18)31-22-13-14-27-23(29-22)17-3-9-20(26)10-4-17/h1-14H,15H2,(H,28,30). The van der Waals surface area contributed by atoms with Crippen molar-refractivity contribution in [3.8, 4) is 23.0 Å². The van der Waals surface area contributed by atoms with Crippen LogP contribution in [0.1, 0.15) is 15.9 Å². The Kier molecular flexibility index (Phi) is 5.93. The molecule has 3 aromatic carbocycles. The van der Waals surface area contributed by atoms with Gasteiger partial charge in [0.05, 0.1) is 0 Å². The fourth-order valence-corrected chi connectivity index (χ4v) is 2.82. The summed E-state index contributed by atoms with van der Waals surface area (Å²) in [6, 6.07) is 20.0. The molecule has 4 rings (SSSR count). The second kappa shape index (κ2) is 9.13. The normalized spacial score (nSPS) is 10.5. The highest BCUT2D eigenvalue weighted by molar-refractivity contribution is 5.94. The van der Waals surface area contributed by atoms with Crippen molar-refractivity contribution in [2.75, 3.05) is 0 Å². The van der Waals surface area contributed by atoms with Gasteiger partial charge < -0.3 is 10.1 Å². The molecule has 0 atom stereocenters. The number of hydrogen-bond acceptors (Lipinski definition) is 4. The summed E-state index contributed by atoms with van der Waals surface area (Å²) in [7, 11) is 0. The molecular formula is C24H17F2N3O2. The van der Waals surface area contributed by atoms with E-state index < -0.39 is 0 Å². The van der Waals surface area contributed by atoms with E-state index >= 15 is 0 Å². The molecule has 31 heavy (non-hydrogen) atoms. The van der Waals surface area contributed by atoms with Crippen molar-refractivity contribution < 1.29 is 18.3 Å². The molecule has 0 unspecified atom stereocenters. The van der Waals surface area contributed by atoms with Gasteiger partial charge >= 0.3 is 0 Å². The number of amides is 1. The molecule has 154 valence electrons. The van der Waals surface area contributed by atoms with Crippen molar-refractivity contribution in [3.63, 3.8) is 0 Å². The quantitative estimate of drug-likeness (QED) is 0.472. The predicted molar refractivity (Wildman–Crippen MR) is 112 cm³/mol.